The summed E-state index contributed by atoms with van der Waals surface area (Å²) in [5.74, 6) is -0.923. The Morgan fingerprint density at radius 1 is 1.04 bits per heavy atom. The Kier molecular flexibility index (Phi) is 4.88. The van der Waals surface area contributed by atoms with Crippen LogP contribution in [-0.4, -0.2) is 20.9 Å². The smallest absolute Gasteiger partial charge is 0.329 e. The Bertz CT molecular complexity index is 1030. The number of hydrogen-bond donors (Lipinski definition) is 2. The van der Waals surface area contributed by atoms with Gasteiger partial charge in [-0.3, -0.25) is 18.7 Å². The zero-order valence-corrected chi connectivity index (χ0v) is 14.4. The van der Waals surface area contributed by atoms with Crippen LogP contribution in [0.25, 0.3) is 11.0 Å². The zero-order valence-electron chi connectivity index (χ0n) is 14.4. The van der Waals surface area contributed by atoms with Gasteiger partial charge in [-0.25, -0.2) is 4.79 Å². The third-order valence-electron chi connectivity index (χ3n) is 4.10. The first-order valence-electron chi connectivity index (χ1n) is 8.39. The Labute approximate surface area is 150 Å². The Morgan fingerprint density at radius 2 is 1.73 bits per heavy atom. The summed E-state index contributed by atoms with van der Waals surface area (Å²) in [6, 6.07) is 13.8. The van der Waals surface area contributed by atoms with Gasteiger partial charge in [-0.1, -0.05) is 25.1 Å². The molecule has 134 valence electrons. The molecule has 0 aliphatic carbocycles. The second-order valence-electron chi connectivity index (χ2n) is 6.00. The lowest BCUT2D eigenvalue weighted by atomic mass is 10.2. The standard InChI is InChI=1S/C19H20N4O3/c1-2-10-22-15-8-3-4-9-16(15)23(19(22)26)12-17(24)21-14-7-5-6-13(11-14)18(20)25/h3-9,11H,2,10,12H2,1H3,(H2,20,25)(H,21,24). The number of carbonyl (C=O) groups is 2. The third-order valence-corrected chi connectivity index (χ3v) is 4.10. The van der Waals surface area contributed by atoms with Crippen LogP contribution in [0.5, 0.6) is 0 Å². The van der Waals surface area contributed by atoms with Crippen molar-refractivity contribution in [2.45, 2.75) is 26.4 Å². The number of nitrogens with one attached hydrogen (secondary N) is 1. The van der Waals surface area contributed by atoms with Crippen LogP contribution in [0.3, 0.4) is 0 Å². The molecule has 0 spiro atoms. The number of amides is 2. The van der Waals surface area contributed by atoms with E-state index in [2.05, 4.69) is 5.32 Å². The van der Waals surface area contributed by atoms with Crippen molar-refractivity contribution >= 4 is 28.5 Å². The Hall–Kier alpha value is -3.35. The number of para-hydroxylation sites is 2. The van der Waals surface area contributed by atoms with E-state index < -0.39 is 5.91 Å². The number of primary amides is 1. The van der Waals surface area contributed by atoms with Crippen LogP contribution < -0.4 is 16.7 Å². The molecule has 7 nitrogen and oxygen atoms in total. The monoisotopic (exact) mass is 352 g/mol. The maximum atomic E-state index is 12.7. The molecule has 0 radical (unpaired) electrons. The van der Waals surface area contributed by atoms with Crippen molar-refractivity contribution in [2.75, 3.05) is 5.32 Å². The minimum Gasteiger partial charge on any atom is -0.366 e. The first-order chi connectivity index (χ1) is 12.5. The van der Waals surface area contributed by atoms with Gasteiger partial charge >= 0.3 is 5.69 Å². The molecule has 26 heavy (non-hydrogen) atoms. The number of nitrogens with zero attached hydrogens (tertiary/aromatic N) is 2. The third kappa shape index (κ3) is 3.37. The zero-order chi connectivity index (χ0) is 18.7. The average Bonchev–Trinajstić information content (AvgIpc) is 2.88. The fraction of sp³-hybridized carbons (Fsp3) is 0.211. The lowest BCUT2D eigenvalue weighted by Gasteiger charge is -2.07. The SMILES string of the molecule is CCCn1c(=O)n(CC(=O)Nc2cccc(C(N)=O)c2)c2ccccc21. The maximum Gasteiger partial charge on any atom is 0.329 e. The summed E-state index contributed by atoms with van der Waals surface area (Å²) in [7, 11) is 0. The summed E-state index contributed by atoms with van der Waals surface area (Å²) in [4.78, 5) is 36.4. The van der Waals surface area contributed by atoms with Crippen LogP contribution in [0, 0.1) is 0 Å². The van der Waals surface area contributed by atoms with Crippen LogP contribution in [-0.2, 0) is 17.9 Å². The van der Waals surface area contributed by atoms with Crippen LogP contribution in [0.2, 0.25) is 0 Å². The number of aryl methyl sites for hydroxylation is 1. The second-order valence-corrected chi connectivity index (χ2v) is 6.00. The summed E-state index contributed by atoms with van der Waals surface area (Å²) in [6.07, 6.45) is 0.819. The van der Waals surface area contributed by atoms with Crippen LogP contribution in [0.15, 0.2) is 53.3 Å². The lowest BCUT2D eigenvalue weighted by Crippen LogP contribution is -2.29. The van der Waals surface area contributed by atoms with Gasteiger partial charge < -0.3 is 11.1 Å². The number of imidazole rings is 1. The number of hydrogen-bond acceptors (Lipinski definition) is 3. The van der Waals surface area contributed by atoms with Crippen molar-refractivity contribution in [1.82, 2.24) is 9.13 Å². The quantitative estimate of drug-likeness (QED) is 0.709. The van der Waals surface area contributed by atoms with E-state index in [4.69, 9.17) is 5.73 Å². The van der Waals surface area contributed by atoms with Gasteiger partial charge in [-0.05, 0) is 36.8 Å². The van der Waals surface area contributed by atoms with Crippen LogP contribution in [0.4, 0.5) is 5.69 Å². The van der Waals surface area contributed by atoms with Crippen molar-refractivity contribution in [2.24, 2.45) is 5.73 Å². The molecule has 0 saturated heterocycles. The molecule has 3 rings (SSSR count). The highest BCUT2D eigenvalue weighted by atomic mass is 16.2. The molecule has 0 saturated carbocycles. The van der Waals surface area contributed by atoms with Gasteiger partial charge in [0.15, 0.2) is 0 Å². The molecule has 3 N–H and O–H groups in total. The molecular weight excluding hydrogens is 332 g/mol. The van der Waals surface area contributed by atoms with Crippen molar-refractivity contribution in [3.05, 3.63) is 64.6 Å². The van der Waals surface area contributed by atoms with Crippen molar-refractivity contribution in [3.8, 4) is 0 Å². The van der Waals surface area contributed by atoms with Crippen LogP contribution >= 0.6 is 0 Å². The fourth-order valence-electron chi connectivity index (χ4n) is 2.96. The predicted molar refractivity (Wildman–Crippen MR) is 100 cm³/mol. The van der Waals surface area contributed by atoms with Crippen molar-refractivity contribution in [1.29, 1.82) is 0 Å². The summed E-state index contributed by atoms with van der Waals surface area (Å²) < 4.78 is 3.13. The van der Waals surface area contributed by atoms with Crippen LogP contribution in [0.1, 0.15) is 23.7 Å². The highest BCUT2D eigenvalue weighted by Crippen LogP contribution is 2.14. The first kappa shape index (κ1) is 17.5. The maximum absolute atomic E-state index is 12.7. The highest BCUT2D eigenvalue weighted by molar-refractivity contribution is 5.96. The first-order valence-corrected chi connectivity index (χ1v) is 8.39. The van der Waals surface area contributed by atoms with E-state index in [0.29, 0.717) is 23.3 Å². The van der Waals surface area contributed by atoms with E-state index in [-0.39, 0.29) is 18.1 Å². The number of carbonyl (C=O) groups excluding carboxylic acids is 2. The lowest BCUT2D eigenvalue weighted by molar-refractivity contribution is -0.116. The molecule has 0 aliphatic heterocycles. The molecular formula is C19H20N4O3. The molecule has 0 aliphatic rings. The van der Waals surface area contributed by atoms with E-state index in [1.807, 2.05) is 31.2 Å². The van der Waals surface area contributed by atoms with Crippen molar-refractivity contribution < 1.29 is 9.59 Å². The number of aromatic nitrogens is 2. The molecule has 0 unspecified atom stereocenters. The Morgan fingerprint density at radius 3 is 2.38 bits per heavy atom. The number of fused-ring (bicyclic) bond motifs is 1. The fourth-order valence-corrected chi connectivity index (χ4v) is 2.96. The molecule has 2 amide bonds. The van der Waals surface area contributed by atoms with Gasteiger partial charge in [0.2, 0.25) is 11.8 Å². The minimum absolute atomic E-state index is 0.114. The number of benzene rings is 2. The van der Waals surface area contributed by atoms with E-state index >= 15 is 0 Å². The summed E-state index contributed by atoms with van der Waals surface area (Å²) in [5, 5.41) is 2.70. The van der Waals surface area contributed by atoms with Crippen molar-refractivity contribution in [3.63, 3.8) is 0 Å². The minimum atomic E-state index is -0.569. The molecule has 7 heteroatoms. The molecule has 2 aromatic carbocycles. The second kappa shape index (κ2) is 7.26. The van der Waals surface area contributed by atoms with Gasteiger partial charge in [0, 0.05) is 17.8 Å². The van der Waals surface area contributed by atoms with E-state index in [9.17, 15) is 14.4 Å². The number of anilines is 1. The highest BCUT2D eigenvalue weighted by Gasteiger charge is 2.15. The average molecular weight is 352 g/mol. The van der Waals surface area contributed by atoms with Gasteiger partial charge in [0.05, 0.1) is 11.0 Å². The van der Waals surface area contributed by atoms with E-state index in [1.165, 1.54) is 10.6 Å². The molecule has 3 aromatic rings. The summed E-state index contributed by atoms with van der Waals surface area (Å²) in [6.45, 7) is 2.47. The Balaban J connectivity index is 1.88. The summed E-state index contributed by atoms with van der Waals surface area (Å²) >= 11 is 0. The van der Waals surface area contributed by atoms with Gasteiger partial charge in [0.25, 0.3) is 0 Å². The van der Waals surface area contributed by atoms with Gasteiger partial charge in [-0.2, -0.15) is 0 Å². The van der Waals surface area contributed by atoms with Gasteiger partial charge in [-0.15, -0.1) is 0 Å². The topological polar surface area (TPSA) is 99.1 Å². The predicted octanol–water partition coefficient (Wildman–Crippen LogP) is 1.95. The molecule has 0 fully saturated rings. The number of rotatable bonds is 6. The molecule has 1 aromatic heterocycles. The van der Waals surface area contributed by atoms with E-state index in [1.54, 1.807) is 22.8 Å². The molecule has 0 bridgehead atoms. The van der Waals surface area contributed by atoms with E-state index in [0.717, 1.165) is 11.9 Å². The number of nitrogens with two attached hydrogens (primary N) is 1. The molecule has 0 atom stereocenters. The van der Waals surface area contributed by atoms with Gasteiger partial charge in [0.1, 0.15) is 6.54 Å². The summed E-state index contributed by atoms with van der Waals surface area (Å²) in [5.41, 5.74) is 7.32. The molecule has 1 heterocycles. The normalized spacial score (nSPS) is 10.8. The largest absolute Gasteiger partial charge is 0.366 e.